The zero-order valence-electron chi connectivity index (χ0n) is 7.91. The van der Waals surface area contributed by atoms with Crippen LogP contribution in [-0.4, -0.2) is 29.9 Å². The molecular weight excluding hydrogens is 198 g/mol. The van der Waals surface area contributed by atoms with Gasteiger partial charge in [0.25, 0.3) is 0 Å². The van der Waals surface area contributed by atoms with Crippen molar-refractivity contribution in [1.82, 2.24) is 29.9 Å². The molecule has 2 heterocycles. The third-order valence-corrected chi connectivity index (χ3v) is 1.89. The lowest BCUT2D eigenvalue weighted by atomic mass is 10.5. The Labute approximate surface area is 84.8 Å². The highest BCUT2D eigenvalue weighted by Crippen LogP contribution is 2.00. The largest absolute Gasteiger partial charge is 0.366 e. The van der Waals surface area contributed by atoms with E-state index >= 15 is 0 Å². The lowest BCUT2D eigenvalue weighted by Crippen LogP contribution is -2.17. The third-order valence-electron chi connectivity index (χ3n) is 1.89. The fourth-order valence-electron chi connectivity index (χ4n) is 1.10. The van der Waals surface area contributed by atoms with Gasteiger partial charge in [0.1, 0.15) is 6.54 Å². The van der Waals surface area contributed by atoms with Gasteiger partial charge in [0.05, 0.1) is 11.9 Å². The summed E-state index contributed by atoms with van der Waals surface area (Å²) < 4.78 is 2.76. The van der Waals surface area contributed by atoms with Gasteiger partial charge >= 0.3 is 0 Å². The first-order valence-corrected chi connectivity index (χ1v) is 4.24. The molecule has 6 N–H and O–H groups in total. The molecule has 0 unspecified atom stereocenters. The highest BCUT2D eigenvalue weighted by Gasteiger charge is 2.08. The smallest absolute Gasteiger partial charge is 0.240 e. The van der Waals surface area contributed by atoms with E-state index in [9.17, 15) is 0 Å². The van der Waals surface area contributed by atoms with Gasteiger partial charge in [-0.1, -0.05) is 5.21 Å². The van der Waals surface area contributed by atoms with Gasteiger partial charge in [-0.05, 0) is 0 Å². The Kier molecular flexibility index (Phi) is 2.21. The van der Waals surface area contributed by atoms with E-state index < -0.39 is 0 Å². The van der Waals surface area contributed by atoms with Crippen molar-refractivity contribution in [3.63, 3.8) is 0 Å². The molecule has 0 aliphatic heterocycles. The van der Waals surface area contributed by atoms with Gasteiger partial charge in [0.2, 0.25) is 5.95 Å². The molecule has 9 nitrogen and oxygen atoms in total. The molecule has 0 fully saturated rings. The number of hydrogen-bond donors (Lipinski definition) is 3. The van der Waals surface area contributed by atoms with Crippen LogP contribution in [0.4, 0.5) is 5.95 Å². The first kappa shape index (κ1) is 9.40. The lowest BCUT2D eigenvalue weighted by Gasteiger charge is -1.99. The zero-order valence-corrected chi connectivity index (χ0v) is 7.91. The van der Waals surface area contributed by atoms with Crippen LogP contribution in [0.15, 0.2) is 6.20 Å². The molecule has 0 atom stereocenters. The van der Waals surface area contributed by atoms with Gasteiger partial charge in [-0.15, -0.1) is 15.3 Å². The minimum atomic E-state index is 0.157. The van der Waals surface area contributed by atoms with Crippen molar-refractivity contribution >= 4 is 5.95 Å². The first-order valence-electron chi connectivity index (χ1n) is 4.24. The molecule has 0 aromatic carbocycles. The molecule has 9 heteroatoms. The Morgan fingerprint density at radius 1 is 1.27 bits per heavy atom. The molecule has 0 saturated heterocycles. The van der Waals surface area contributed by atoms with Crippen LogP contribution in [0.3, 0.4) is 0 Å². The Morgan fingerprint density at radius 2 is 2.07 bits per heavy atom. The summed E-state index contributed by atoms with van der Waals surface area (Å²) in [5.74, 6) is 6.23. The highest BCUT2D eigenvalue weighted by molar-refractivity contribution is 5.17. The minimum absolute atomic E-state index is 0.157. The molecule has 0 radical (unpaired) electrons. The fraction of sp³-hybridized carbons (Fsp3) is 0.333. The van der Waals surface area contributed by atoms with Gasteiger partial charge in [-0.3, -0.25) is 0 Å². The van der Waals surface area contributed by atoms with Gasteiger partial charge in [0.15, 0.2) is 5.82 Å². The summed E-state index contributed by atoms with van der Waals surface area (Å²) in [6, 6.07) is 0. The van der Waals surface area contributed by atoms with Crippen LogP contribution in [0.2, 0.25) is 0 Å². The highest BCUT2D eigenvalue weighted by atomic mass is 15.5. The van der Waals surface area contributed by atoms with Crippen LogP contribution in [0.25, 0.3) is 0 Å². The van der Waals surface area contributed by atoms with E-state index in [1.807, 2.05) is 0 Å². The average molecular weight is 209 g/mol. The Hall–Kier alpha value is -2.16. The summed E-state index contributed by atoms with van der Waals surface area (Å²) in [7, 11) is 0. The molecule has 2 rings (SSSR count). The van der Waals surface area contributed by atoms with Crippen molar-refractivity contribution in [2.45, 2.75) is 13.1 Å². The molecule has 2 aromatic rings. The average Bonchev–Trinajstić information content (AvgIpc) is 2.80. The van der Waals surface area contributed by atoms with Crippen LogP contribution in [0, 0.1) is 0 Å². The maximum Gasteiger partial charge on any atom is 0.240 e. The number of aromatic nitrogens is 6. The second-order valence-electron chi connectivity index (χ2n) is 2.96. The Balaban J connectivity index is 2.18. The molecule has 15 heavy (non-hydrogen) atoms. The van der Waals surface area contributed by atoms with Crippen molar-refractivity contribution in [2.24, 2.45) is 5.73 Å². The Bertz CT molecular complexity index is 455. The van der Waals surface area contributed by atoms with Crippen LogP contribution < -0.4 is 17.3 Å². The van der Waals surface area contributed by atoms with Crippen LogP contribution >= 0.6 is 0 Å². The van der Waals surface area contributed by atoms with Gasteiger partial charge < -0.3 is 17.3 Å². The van der Waals surface area contributed by atoms with E-state index in [1.54, 1.807) is 10.9 Å². The topological polar surface area (TPSA) is 139 Å². The molecule has 2 aromatic heterocycles. The van der Waals surface area contributed by atoms with Crippen LogP contribution in [0.5, 0.6) is 0 Å². The van der Waals surface area contributed by atoms with E-state index in [1.165, 1.54) is 4.68 Å². The number of nitrogens with two attached hydrogens (primary N) is 3. The summed E-state index contributed by atoms with van der Waals surface area (Å²) in [5.41, 5.74) is 11.5. The van der Waals surface area contributed by atoms with Crippen LogP contribution in [-0.2, 0) is 13.1 Å². The second kappa shape index (κ2) is 3.53. The molecule has 0 saturated carbocycles. The number of anilines is 1. The molecule has 80 valence electrons. The fourth-order valence-corrected chi connectivity index (χ4v) is 1.10. The van der Waals surface area contributed by atoms with Gasteiger partial charge in [-0.2, -0.15) is 0 Å². The molecule has 0 aliphatic carbocycles. The molecule has 0 aliphatic rings. The standard InChI is InChI=1S/C6H11N9/c7-1-4-2-14(13-10-4)3-5-11-12-6(8)15(5)9/h2H,1,3,7,9H2,(H2,8,12). The molecule has 0 bridgehead atoms. The SMILES string of the molecule is NCc1cn(Cc2nnc(N)n2N)nn1. The summed E-state index contributed by atoms with van der Waals surface area (Å²) in [5, 5.41) is 15.1. The number of nitrogens with zero attached hydrogens (tertiary/aromatic N) is 6. The molecule has 0 amide bonds. The molecular formula is C6H11N9. The van der Waals surface area contributed by atoms with Crippen LogP contribution in [0.1, 0.15) is 11.5 Å². The monoisotopic (exact) mass is 209 g/mol. The van der Waals surface area contributed by atoms with Crippen molar-refractivity contribution in [3.05, 3.63) is 17.7 Å². The zero-order chi connectivity index (χ0) is 10.8. The molecule has 0 spiro atoms. The summed E-state index contributed by atoms with van der Waals surface area (Å²) in [6.45, 7) is 0.700. The quantitative estimate of drug-likeness (QED) is 0.481. The maximum absolute atomic E-state index is 5.57. The van der Waals surface area contributed by atoms with E-state index in [2.05, 4.69) is 20.5 Å². The number of rotatable bonds is 3. The Morgan fingerprint density at radius 3 is 2.60 bits per heavy atom. The number of hydrogen-bond acceptors (Lipinski definition) is 7. The van der Waals surface area contributed by atoms with Gasteiger partial charge in [-0.25, -0.2) is 9.36 Å². The predicted molar refractivity (Wildman–Crippen MR) is 51.6 cm³/mol. The van der Waals surface area contributed by atoms with Crippen molar-refractivity contribution < 1.29 is 0 Å². The van der Waals surface area contributed by atoms with E-state index in [0.717, 1.165) is 0 Å². The van der Waals surface area contributed by atoms with E-state index in [-0.39, 0.29) is 5.95 Å². The summed E-state index contributed by atoms with van der Waals surface area (Å²) in [4.78, 5) is 0. The maximum atomic E-state index is 5.57. The second-order valence-corrected chi connectivity index (χ2v) is 2.96. The van der Waals surface area contributed by atoms with Crippen molar-refractivity contribution in [3.8, 4) is 0 Å². The minimum Gasteiger partial charge on any atom is -0.366 e. The van der Waals surface area contributed by atoms with Crippen molar-refractivity contribution in [1.29, 1.82) is 0 Å². The van der Waals surface area contributed by atoms with Gasteiger partial charge in [0, 0.05) is 6.54 Å². The predicted octanol–water partition coefficient (Wildman–Crippen LogP) is -2.33. The van der Waals surface area contributed by atoms with E-state index in [4.69, 9.17) is 17.3 Å². The summed E-state index contributed by atoms with van der Waals surface area (Å²) >= 11 is 0. The number of nitrogen functional groups attached to an aromatic ring is 2. The lowest BCUT2D eigenvalue weighted by molar-refractivity contribution is 0.612. The summed E-state index contributed by atoms with van der Waals surface area (Å²) in [6.07, 6.45) is 1.71. The first-order chi connectivity index (χ1) is 7.20. The van der Waals surface area contributed by atoms with E-state index in [0.29, 0.717) is 24.6 Å². The van der Waals surface area contributed by atoms with Crippen molar-refractivity contribution in [2.75, 3.05) is 11.6 Å². The normalized spacial score (nSPS) is 10.7. The third kappa shape index (κ3) is 1.72.